The van der Waals surface area contributed by atoms with Gasteiger partial charge in [0.05, 0.1) is 10.6 Å². The average molecular weight is 290 g/mol. The van der Waals surface area contributed by atoms with E-state index in [0.717, 1.165) is 24.1 Å². The molecule has 0 atom stereocenters. The number of halogens is 2. The lowest BCUT2D eigenvalue weighted by Crippen LogP contribution is -2.36. The predicted molar refractivity (Wildman–Crippen MR) is 77.8 cm³/mol. The van der Waals surface area contributed by atoms with Crippen molar-refractivity contribution >= 4 is 23.2 Å². The lowest BCUT2D eigenvalue weighted by atomic mass is 10.0. The molecule has 2 nitrogen and oxygen atoms in total. The zero-order valence-corrected chi connectivity index (χ0v) is 11.5. The van der Waals surface area contributed by atoms with Gasteiger partial charge in [-0.3, -0.25) is 4.79 Å². The number of benzene rings is 2. The number of hydrogen-bond donors (Lipinski definition) is 0. The quantitative estimate of drug-likeness (QED) is 0.775. The third kappa shape index (κ3) is 2.18. The molecule has 20 heavy (non-hydrogen) atoms. The zero-order chi connectivity index (χ0) is 14.1. The molecule has 2 aromatic rings. The van der Waals surface area contributed by atoms with Gasteiger partial charge in [-0.2, -0.15) is 0 Å². The van der Waals surface area contributed by atoms with Crippen molar-refractivity contribution in [1.29, 1.82) is 0 Å². The standard InChI is InChI=1S/C16H13ClFNO/c17-12-7-3-8-13(18)15(12)16(20)19-10-4-6-11-5-1-2-9-14(11)19/h1-3,5,7-9H,4,6,10H2. The van der Waals surface area contributed by atoms with E-state index in [4.69, 9.17) is 11.6 Å². The Morgan fingerprint density at radius 2 is 1.95 bits per heavy atom. The van der Waals surface area contributed by atoms with Crippen LogP contribution < -0.4 is 4.90 Å². The van der Waals surface area contributed by atoms with Crippen LogP contribution in [0.5, 0.6) is 0 Å². The van der Waals surface area contributed by atoms with E-state index < -0.39 is 5.82 Å². The van der Waals surface area contributed by atoms with Gasteiger partial charge in [-0.15, -0.1) is 0 Å². The van der Waals surface area contributed by atoms with Gasteiger partial charge < -0.3 is 4.90 Å². The van der Waals surface area contributed by atoms with E-state index in [9.17, 15) is 9.18 Å². The molecule has 0 aliphatic carbocycles. The second-order valence-electron chi connectivity index (χ2n) is 4.79. The molecule has 0 unspecified atom stereocenters. The molecular weight excluding hydrogens is 277 g/mol. The largest absolute Gasteiger partial charge is 0.308 e. The number of hydrogen-bond acceptors (Lipinski definition) is 1. The molecule has 0 saturated carbocycles. The Kier molecular flexibility index (Phi) is 3.45. The van der Waals surface area contributed by atoms with Crippen molar-refractivity contribution in [1.82, 2.24) is 0 Å². The summed E-state index contributed by atoms with van der Waals surface area (Å²) in [4.78, 5) is 14.2. The van der Waals surface area contributed by atoms with Crippen LogP contribution in [-0.2, 0) is 6.42 Å². The number of amides is 1. The molecular formula is C16H13ClFNO. The maximum Gasteiger partial charge on any atom is 0.262 e. The van der Waals surface area contributed by atoms with Gasteiger partial charge in [0, 0.05) is 12.2 Å². The van der Waals surface area contributed by atoms with Crippen molar-refractivity contribution in [3.63, 3.8) is 0 Å². The smallest absolute Gasteiger partial charge is 0.262 e. The van der Waals surface area contributed by atoms with E-state index in [1.165, 1.54) is 18.2 Å². The van der Waals surface area contributed by atoms with Gasteiger partial charge in [0.25, 0.3) is 5.91 Å². The average Bonchev–Trinajstić information content (AvgIpc) is 2.46. The first kappa shape index (κ1) is 13.1. The third-order valence-electron chi connectivity index (χ3n) is 3.53. The predicted octanol–water partition coefficient (Wildman–Crippen LogP) is 4.07. The van der Waals surface area contributed by atoms with Crippen LogP contribution in [0.4, 0.5) is 10.1 Å². The number of carbonyl (C=O) groups excluding carboxylic acids is 1. The van der Waals surface area contributed by atoms with Crippen LogP contribution in [0, 0.1) is 5.82 Å². The van der Waals surface area contributed by atoms with E-state index in [2.05, 4.69) is 0 Å². The Morgan fingerprint density at radius 1 is 1.15 bits per heavy atom. The van der Waals surface area contributed by atoms with Gasteiger partial charge >= 0.3 is 0 Å². The normalized spacial score (nSPS) is 14.0. The Labute approximate surface area is 121 Å². The van der Waals surface area contributed by atoms with Crippen molar-refractivity contribution < 1.29 is 9.18 Å². The molecule has 1 amide bonds. The zero-order valence-electron chi connectivity index (χ0n) is 10.8. The fourth-order valence-corrected chi connectivity index (χ4v) is 2.83. The van der Waals surface area contributed by atoms with E-state index in [0.29, 0.717) is 6.54 Å². The third-order valence-corrected chi connectivity index (χ3v) is 3.85. The highest BCUT2D eigenvalue weighted by Gasteiger charge is 2.26. The van der Waals surface area contributed by atoms with Crippen LogP contribution in [0.1, 0.15) is 22.3 Å². The highest BCUT2D eigenvalue weighted by molar-refractivity contribution is 6.34. The monoisotopic (exact) mass is 289 g/mol. The number of fused-ring (bicyclic) bond motifs is 1. The molecule has 1 aliphatic heterocycles. The number of aryl methyl sites for hydroxylation is 1. The van der Waals surface area contributed by atoms with Crippen LogP contribution in [0.25, 0.3) is 0 Å². The second kappa shape index (κ2) is 5.25. The van der Waals surface area contributed by atoms with Crippen LogP contribution in [-0.4, -0.2) is 12.5 Å². The molecule has 1 aliphatic rings. The summed E-state index contributed by atoms with van der Waals surface area (Å²) in [5.41, 5.74) is 1.91. The second-order valence-corrected chi connectivity index (χ2v) is 5.19. The lowest BCUT2D eigenvalue weighted by molar-refractivity contribution is 0.0981. The van der Waals surface area contributed by atoms with Crippen molar-refractivity contribution in [3.8, 4) is 0 Å². The van der Waals surface area contributed by atoms with Gasteiger partial charge in [0.15, 0.2) is 0 Å². The molecule has 0 fully saturated rings. The van der Waals surface area contributed by atoms with Crippen LogP contribution >= 0.6 is 11.6 Å². The first-order valence-corrected chi connectivity index (χ1v) is 6.90. The fourth-order valence-electron chi connectivity index (χ4n) is 2.58. The summed E-state index contributed by atoms with van der Waals surface area (Å²) in [5, 5.41) is 0.151. The molecule has 0 spiro atoms. The molecule has 1 heterocycles. The number of carbonyl (C=O) groups is 1. The van der Waals surface area contributed by atoms with Crippen molar-refractivity contribution in [2.75, 3.05) is 11.4 Å². The van der Waals surface area contributed by atoms with E-state index in [1.54, 1.807) is 4.90 Å². The molecule has 2 aromatic carbocycles. The van der Waals surface area contributed by atoms with Crippen LogP contribution in [0.3, 0.4) is 0 Å². The minimum absolute atomic E-state index is 0.0501. The van der Waals surface area contributed by atoms with Crippen molar-refractivity contribution in [2.24, 2.45) is 0 Å². The van der Waals surface area contributed by atoms with E-state index in [1.807, 2.05) is 24.3 Å². The summed E-state index contributed by atoms with van der Waals surface area (Å²) < 4.78 is 13.9. The summed E-state index contributed by atoms with van der Waals surface area (Å²) in [7, 11) is 0. The van der Waals surface area contributed by atoms with E-state index >= 15 is 0 Å². The number of rotatable bonds is 1. The Hall–Kier alpha value is -1.87. The minimum Gasteiger partial charge on any atom is -0.308 e. The van der Waals surface area contributed by atoms with Gasteiger partial charge in [-0.25, -0.2) is 4.39 Å². The minimum atomic E-state index is -0.578. The van der Waals surface area contributed by atoms with Crippen LogP contribution in [0.2, 0.25) is 5.02 Å². The SMILES string of the molecule is O=C(c1c(F)cccc1Cl)N1CCCc2ccccc21. The highest BCUT2D eigenvalue weighted by Crippen LogP contribution is 2.30. The molecule has 102 valence electrons. The molecule has 4 heteroatoms. The van der Waals surface area contributed by atoms with Crippen molar-refractivity contribution in [3.05, 3.63) is 64.4 Å². The fraction of sp³-hybridized carbons (Fsp3) is 0.188. The van der Waals surface area contributed by atoms with E-state index in [-0.39, 0.29) is 16.5 Å². The molecule has 0 bridgehead atoms. The topological polar surface area (TPSA) is 20.3 Å². The molecule has 0 aromatic heterocycles. The number of para-hydroxylation sites is 1. The number of nitrogens with zero attached hydrogens (tertiary/aromatic N) is 1. The summed E-state index contributed by atoms with van der Waals surface area (Å²) in [6, 6.07) is 12.0. The molecule has 0 N–H and O–H groups in total. The Morgan fingerprint density at radius 3 is 2.75 bits per heavy atom. The molecule has 0 radical (unpaired) electrons. The maximum atomic E-state index is 13.9. The molecule has 3 rings (SSSR count). The van der Waals surface area contributed by atoms with Gasteiger partial charge in [0.1, 0.15) is 5.82 Å². The van der Waals surface area contributed by atoms with Gasteiger partial charge in [-0.1, -0.05) is 35.9 Å². The lowest BCUT2D eigenvalue weighted by Gasteiger charge is -2.29. The number of anilines is 1. The summed E-state index contributed by atoms with van der Waals surface area (Å²) in [6.07, 6.45) is 1.81. The maximum absolute atomic E-state index is 13.9. The Balaban J connectivity index is 2.05. The summed E-state index contributed by atoms with van der Waals surface area (Å²) in [5.74, 6) is -0.953. The Bertz CT molecular complexity index is 651. The summed E-state index contributed by atoms with van der Waals surface area (Å²) in [6.45, 7) is 0.584. The molecule has 0 saturated heterocycles. The van der Waals surface area contributed by atoms with Crippen molar-refractivity contribution in [2.45, 2.75) is 12.8 Å². The van der Waals surface area contributed by atoms with Gasteiger partial charge in [-0.05, 0) is 36.6 Å². The summed E-state index contributed by atoms with van der Waals surface area (Å²) >= 11 is 5.98. The van der Waals surface area contributed by atoms with Gasteiger partial charge in [0.2, 0.25) is 0 Å². The van der Waals surface area contributed by atoms with Crippen LogP contribution in [0.15, 0.2) is 42.5 Å². The first-order chi connectivity index (χ1) is 9.68. The highest BCUT2D eigenvalue weighted by atomic mass is 35.5. The first-order valence-electron chi connectivity index (χ1n) is 6.52.